The van der Waals surface area contributed by atoms with Crippen LogP contribution in [0.3, 0.4) is 0 Å². The number of rotatable bonds is 4. The molecule has 1 aliphatic carbocycles. The number of hydrogen-bond acceptors (Lipinski definition) is 2. The fourth-order valence-electron chi connectivity index (χ4n) is 2.91. The molecule has 2 rings (SSSR count). The predicted octanol–water partition coefficient (Wildman–Crippen LogP) is 3.14. The fraction of sp³-hybridized carbons (Fsp3) is 0.643. The lowest BCUT2D eigenvalue weighted by atomic mass is 9.93. The summed E-state index contributed by atoms with van der Waals surface area (Å²) in [5.41, 5.74) is 0.928. The summed E-state index contributed by atoms with van der Waals surface area (Å²) in [5, 5.41) is 3.53. The van der Waals surface area contributed by atoms with Gasteiger partial charge in [-0.25, -0.2) is 4.39 Å². The smallest absolute Gasteiger partial charge is 0.141 e. The van der Waals surface area contributed by atoms with Crippen molar-refractivity contribution < 1.29 is 4.39 Å². The Hall–Kier alpha value is -0.960. The normalized spacial score (nSPS) is 28.5. The van der Waals surface area contributed by atoms with E-state index in [9.17, 15) is 4.39 Å². The lowest BCUT2D eigenvalue weighted by Gasteiger charge is -2.21. The minimum Gasteiger partial charge on any atom is -0.310 e. The van der Waals surface area contributed by atoms with Crippen LogP contribution in [0.4, 0.5) is 4.39 Å². The molecule has 17 heavy (non-hydrogen) atoms. The zero-order valence-electron chi connectivity index (χ0n) is 10.6. The van der Waals surface area contributed by atoms with Crippen molar-refractivity contribution >= 4 is 0 Å². The molecule has 0 spiro atoms. The summed E-state index contributed by atoms with van der Waals surface area (Å²) >= 11 is 0. The largest absolute Gasteiger partial charge is 0.310 e. The molecular weight excluding hydrogens is 215 g/mol. The maximum Gasteiger partial charge on any atom is 0.141 e. The minimum atomic E-state index is -0.254. The van der Waals surface area contributed by atoms with E-state index in [0.29, 0.717) is 6.04 Å². The molecule has 3 heteroatoms. The molecule has 1 N–H and O–H groups in total. The molecule has 0 aliphatic heterocycles. The molecule has 94 valence electrons. The molecule has 1 aromatic heterocycles. The molecule has 1 heterocycles. The molecule has 2 nitrogen and oxygen atoms in total. The average molecular weight is 236 g/mol. The van der Waals surface area contributed by atoms with Gasteiger partial charge >= 0.3 is 0 Å². The van der Waals surface area contributed by atoms with Crippen LogP contribution in [-0.4, -0.2) is 11.0 Å². The lowest BCUT2D eigenvalue weighted by Crippen LogP contribution is -2.32. The second-order valence-corrected chi connectivity index (χ2v) is 5.10. The third-order valence-electron chi connectivity index (χ3n) is 4.08. The zero-order chi connectivity index (χ0) is 12.3. The standard InChI is InChI=1S/C14H21FN2/c1-3-12-4-5-14(10(12)2)17-8-11-6-13(15)9-16-7-11/h6-7,9-10,12,14,17H,3-5,8H2,1-2H3. The highest BCUT2D eigenvalue weighted by molar-refractivity contribution is 5.10. The van der Waals surface area contributed by atoms with E-state index in [-0.39, 0.29) is 5.82 Å². The van der Waals surface area contributed by atoms with E-state index in [0.717, 1.165) is 23.9 Å². The highest BCUT2D eigenvalue weighted by Gasteiger charge is 2.30. The Kier molecular flexibility index (Phi) is 4.11. The summed E-state index contributed by atoms with van der Waals surface area (Å²) in [4.78, 5) is 3.86. The van der Waals surface area contributed by atoms with Crippen LogP contribution in [0.25, 0.3) is 0 Å². The number of halogens is 1. The predicted molar refractivity (Wildman–Crippen MR) is 67.0 cm³/mol. The van der Waals surface area contributed by atoms with Crippen LogP contribution in [0.15, 0.2) is 18.5 Å². The van der Waals surface area contributed by atoms with Gasteiger partial charge in [0.15, 0.2) is 0 Å². The Morgan fingerprint density at radius 3 is 2.88 bits per heavy atom. The third kappa shape index (κ3) is 3.03. The SMILES string of the molecule is CCC1CCC(NCc2cncc(F)c2)C1C. The number of nitrogens with zero attached hydrogens (tertiary/aromatic N) is 1. The van der Waals surface area contributed by atoms with Crippen LogP contribution >= 0.6 is 0 Å². The van der Waals surface area contributed by atoms with Crippen molar-refractivity contribution in [2.45, 2.75) is 45.7 Å². The topological polar surface area (TPSA) is 24.9 Å². The summed E-state index contributed by atoms with van der Waals surface area (Å²) in [6.45, 7) is 5.30. The quantitative estimate of drug-likeness (QED) is 0.868. The van der Waals surface area contributed by atoms with Gasteiger partial charge in [-0.1, -0.05) is 20.3 Å². The summed E-state index contributed by atoms with van der Waals surface area (Å²) in [6.07, 6.45) is 6.79. The molecule has 1 saturated carbocycles. The lowest BCUT2D eigenvalue weighted by molar-refractivity contribution is 0.344. The van der Waals surface area contributed by atoms with Crippen LogP contribution in [0, 0.1) is 17.7 Å². The molecule has 0 bridgehead atoms. The van der Waals surface area contributed by atoms with Gasteiger partial charge in [-0.3, -0.25) is 4.98 Å². The van der Waals surface area contributed by atoms with Crippen molar-refractivity contribution in [1.29, 1.82) is 0 Å². The van der Waals surface area contributed by atoms with Crippen LogP contribution < -0.4 is 5.32 Å². The highest BCUT2D eigenvalue weighted by atomic mass is 19.1. The van der Waals surface area contributed by atoms with Crippen molar-refractivity contribution in [1.82, 2.24) is 10.3 Å². The number of aromatic nitrogens is 1. The van der Waals surface area contributed by atoms with Gasteiger partial charge in [0.25, 0.3) is 0 Å². The first-order chi connectivity index (χ1) is 8.20. The van der Waals surface area contributed by atoms with Crippen molar-refractivity contribution in [2.75, 3.05) is 0 Å². The maximum absolute atomic E-state index is 13.0. The Labute approximate surface area is 103 Å². The fourth-order valence-corrected chi connectivity index (χ4v) is 2.91. The monoisotopic (exact) mass is 236 g/mol. The van der Waals surface area contributed by atoms with Crippen LogP contribution in [-0.2, 0) is 6.54 Å². The summed E-state index contributed by atoms with van der Waals surface area (Å²) < 4.78 is 13.0. The van der Waals surface area contributed by atoms with E-state index in [2.05, 4.69) is 24.1 Å². The second kappa shape index (κ2) is 5.58. The molecule has 0 amide bonds. The van der Waals surface area contributed by atoms with E-state index in [1.165, 1.54) is 25.5 Å². The third-order valence-corrected chi connectivity index (χ3v) is 4.08. The summed E-state index contributed by atoms with van der Waals surface area (Å²) in [5.74, 6) is 1.31. The summed E-state index contributed by atoms with van der Waals surface area (Å²) in [7, 11) is 0. The molecular formula is C14H21FN2. The van der Waals surface area contributed by atoms with E-state index in [1.807, 2.05) is 0 Å². The number of pyridine rings is 1. The van der Waals surface area contributed by atoms with Gasteiger partial charge in [0.1, 0.15) is 5.82 Å². The first-order valence-corrected chi connectivity index (χ1v) is 6.53. The second-order valence-electron chi connectivity index (χ2n) is 5.10. The maximum atomic E-state index is 13.0. The highest BCUT2D eigenvalue weighted by Crippen LogP contribution is 2.33. The molecule has 1 aliphatic rings. The zero-order valence-corrected chi connectivity index (χ0v) is 10.6. The van der Waals surface area contributed by atoms with Crippen LogP contribution in [0.1, 0.15) is 38.7 Å². The Bertz CT molecular complexity index is 367. The first kappa shape index (κ1) is 12.5. The molecule has 3 atom stereocenters. The van der Waals surface area contributed by atoms with E-state index in [1.54, 1.807) is 12.3 Å². The van der Waals surface area contributed by atoms with Crippen molar-refractivity contribution in [2.24, 2.45) is 11.8 Å². The Balaban J connectivity index is 1.87. The van der Waals surface area contributed by atoms with Gasteiger partial charge in [-0.2, -0.15) is 0 Å². The van der Waals surface area contributed by atoms with Gasteiger partial charge in [0.2, 0.25) is 0 Å². The van der Waals surface area contributed by atoms with E-state index < -0.39 is 0 Å². The molecule has 0 radical (unpaired) electrons. The van der Waals surface area contributed by atoms with Crippen LogP contribution in [0.5, 0.6) is 0 Å². The summed E-state index contributed by atoms with van der Waals surface area (Å²) in [6, 6.07) is 2.12. The van der Waals surface area contributed by atoms with Crippen molar-refractivity contribution in [3.05, 3.63) is 29.8 Å². The van der Waals surface area contributed by atoms with Gasteiger partial charge in [-0.15, -0.1) is 0 Å². The Morgan fingerprint density at radius 2 is 2.24 bits per heavy atom. The van der Waals surface area contributed by atoms with E-state index in [4.69, 9.17) is 0 Å². The van der Waals surface area contributed by atoms with Crippen molar-refractivity contribution in [3.63, 3.8) is 0 Å². The van der Waals surface area contributed by atoms with Gasteiger partial charge in [0, 0.05) is 18.8 Å². The molecule has 0 aromatic carbocycles. The van der Waals surface area contributed by atoms with Gasteiger partial charge < -0.3 is 5.32 Å². The van der Waals surface area contributed by atoms with Gasteiger partial charge in [0.05, 0.1) is 6.20 Å². The first-order valence-electron chi connectivity index (χ1n) is 6.53. The van der Waals surface area contributed by atoms with Crippen molar-refractivity contribution in [3.8, 4) is 0 Å². The Morgan fingerprint density at radius 1 is 1.41 bits per heavy atom. The average Bonchev–Trinajstić information content (AvgIpc) is 2.67. The molecule has 0 saturated heterocycles. The molecule has 3 unspecified atom stereocenters. The number of nitrogens with one attached hydrogen (secondary N) is 1. The van der Waals surface area contributed by atoms with Gasteiger partial charge in [-0.05, 0) is 36.3 Å². The number of hydrogen-bond donors (Lipinski definition) is 1. The molecule has 1 fully saturated rings. The molecule has 1 aromatic rings. The van der Waals surface area contributed by atoms with E-state index >= 15 is 0 Å². The minimum absolute atomic E-state index is 0.254. The van der Waals surface area contributed by atoms with Crippen LogP contribution in [0.2, 0.25) is 0 Å².